The monoisotopic (exact) mass is 788 g/mol. The van der Waals surface area contributed by atoms with Crippen LogP contribution in [0, 0.1) is 28.5 Å². The summed E-state index contributed by atoms with van der Waals surface area (Å²) in [6, 6.07) is 6.59. The number of amidine groups is 1. The fraction of sp³-hybridized carbons (Fsp3) is 0.692. The van der Waals surface area contributed by atoms with Crippen LogP contribution < -0.4 is 10.5 Å². The minimum absolute atomic E-state index is 0.0546. The number of hydrogen-bond acceptors (Lipinski definition) is 13. The highest BCUT2D eigenvalue weighted by molar-refractivity contribution is 7.47. The van der Waals surface area contributed by atoms with Gasteiger partial charge in [-0.15, -0.1) is 0 Å². The minimum atomic E-state index is -4.89. The molecule has 2 unspecified atom stereocenters. The Morgan fingerprint density at radius 3 is 2.22 bits per heavy atom. The number of rotatable bonds is 26. The van der Waals surface area contributed by atoms with Crippen molar-refractivity contribution in [2.75, 3.05) is 13.2 Å². The fourth-order valence-corrected chi connectivity index (χ4v) is 8.01. The van der Waals surface area contributed by atoms with Gasteiger partial charge in [0.2, 0.25) is 5.60 Å². The number of hydrogen-bond donors (Lipinski definition) is 4. The number of halogens is 1. The summed E-state index contributed by atoms with van der Waals surface area (Å²) in [6.07, 6.45) is 17.7. The van der Waals surface area contributed by atoms with E-state index >= 15 is 0 Å². The molecule has 0 aliphatic carbocycles. The number of aliphatic hydroxyl groups is 2. The largest absolute Gasteiger partial charge is 0.488 e. The molecule has 14 nitrogen and oxygen atoms in total. The quantitative estimate of drug-likeness (QED) is 0.0558. The van der Waals surface area contributed by atoms with Crippen molar-refractivity contribution in [3.8, 4) is 17.9 Å². The zero-order chi connectivity index (χ0) is 39.7. The summed E-state index contributed by atoms with van der Waals surface area (Å²) in [5.74, 6) is -0.395. The Balaban J connectivity index is 1.23. The molecule has 16 heteroatoms. The normalized spacial score (nSPS) is 24.7. The van der Waals surface area contributed by atoms with Crippen molar-refractivity contribution in [1.82, 2.24) is 5.01 Å². The molecule has 1 fully saturated rings. The van der Waals surface area contributed by atoms with Crippen molar-refractivity contribution >= 4 is 20.0 Å². The number of nitriles is 2. The van der Waals surface area contributed by atoms with Gasteiger partial charge >= 0.3 is 7.82 Å². The average molecular weight is 789 g/mol. The summed E-state index contributed by atoms with van der Waals surface area (Å²) in [5, 5.41) is 46.8. The van der Waals surface area contributed by atoms with Crippen molar-refractivity contribution in [2.45, 2.75) is 159 Å². The first kappa shape index (κ1) is 44.3. The lowest BCUT2D eigenvalue weighted by atomic mass is 9.94. The standard InChI is InChI=1S/C39H58FN6O8P/c1-2-3-4-5-6-7-8-9-10-11-12-13-14-15-16-17-18-31(53-32-22-29(24-41)21-30(40)23-32)25-51-55(49,50)52-27-39(26-42)37(48)35(47)36(54-39)33-19-20-34-38(43)44-28-45-46(33)34/h20-23,28,31,33,35-37,47-48H,2-19,25,27H2,1H3,(H,49,50)(H2,43,44,45)/t31-,33?,35-,36-,37-,39+/m0/s1. The van der Waals surface area contributed by atoms with Crippen LogP contribution in [0.5, 0.6) is 5.75 Å². The molecule has 3 heterocycles. The molecule has 5 N–H and O–H groups in total. The van der Waals surface area contributed by atoms with E-state index in [1.165, 1.54) is 94.5 Å². The number of nitrogens with two attached hydrogens (primary N) is 1. The van der Waals surface area contributed by atoms with E-state index in [0.717, 1.165) is 31.4 Å². The summed E-state index contributed by atoms with van der Waals surface area (Å²) in [4.78, 5) is 14.6. The van der Waals surface area contributed by atoms with Crippen LogP contribution in [0.4, 0.5) is 4.39 Å². The minimum Gasteiger partial charge on any atom is -0.488 e. The molecule has 3 aliphatic rings. The van der Waals surface area contributed by atoms with Crippen LogP contribution >= 0.6 is 7.82 Å². The van der Waals surface area contributed by atoms with Gasteiger partial charge < -0.3 is 30.3 Å². The Morgan fingerprint density at radius 2 is 1.62 bits per heavy atom. The first-order chi connectivity index (χ1) is 26.5. The smallest absolute Gasteiger partial charge is 0.472 e. The van der Waals surface area contributed by atoms with Gasteiger partial charge in [-0.2, -0.15) is 15.6 Å². The molecule has 3 aliphatic heterocycles. The number of phosphoric ester groups is 1. The zero-order valence-corrected chi connectivity index (χ0v) is 32.8. The summed E-state index contributed by atoms with van der Waals surface area (Å²) >= 11 is 0. The van der Waals surface area contributed by atoms with Gasteiger partial charge in [-0.1, -0.05) is 109 Å². The van der Waals surface area contributed by atoms with E-state index in [1.807, 2.05) is 6.07 Å². The number of benzene rings is 1. The molecular formula is C39H58FN6O8P. The second-order valence-electron chi connectivity index (χ2n) is 14.7. The highest BCUT2D eigenvalue weighted by Crippen LogP contribution is 2.47. The van der Waals surface area contributed by atoms with Crippen LogP contribution in [0.2, 0.25) is 0 Å². The summed E-state index contributed by atoms with van der Waals surface area (Å²) in [7, 11) is -4.89. The van der Waals surface area contributed by atoms with Crippen molar-refractivity contribution in [2.24, 2.45) is 15.8 Å². The SMILES string of the molecule is CCCCCCCCCCCCCCCCCC[C@@H](COP(=O)(O)OC[C@@]1(C#N)O[C@@H](C2CC=C3C(N)=NC=NN32)[C@H](O)[C@@H]1O)Oc1cc(F)cc(C#N)c1. The van der Waals surface area contributed by atoms with E-state index < -0.39 is 62.9 Å². The maximum absolute atomic E-state index is 14.2. The lowest BCUT2D eigenvalue weighted by Crippen LogP contribution is -2.46. The molecule has 4 rings (SSSR count). The number of aliphatic imine (C=N–C) groups is 1. The third kappa shape index (κ3) is 13.4. The average Bonchev–Trinajstić information content (AvgIpc) is 3.71. The predicted molar refractivity (Wildman–Crippen MR) is 205 cm³/mol. The fourth-order valence-electron chi connectivity index (χ4n) is 7.22. The second kappa shape index (κ2) is 22.4. The number of phosphoric acid groups is 1. The summed E-state index contributed by atoms with van der Waals surface area (Å²) in [5.41, 5.74) is 4.26. The lowest BCUT2D eigenvalue weighted by Gasteiger charge is -2.31. The van der Waals surface area contributed by atoms with Gasteiger partial charge in [-0.25, -0.2) is 13.9 Å². The summed E-state index contributed by atoms with van der Waals surface area (Å²) < 4.78 is 49.5. The van der Waals surface area contributed by atoms with E-state index in [2.05, 4.69) is 17.0 Å². The van der Waals surface area contributed by atoms with Gasteiger partial charge in [0.25, 0.3) is 0 Å². The van der Waals surface area contributed by atoms with Crippen molar-refractivity contribution in [3.63, 3.8) is 0 Å². The number of aliphatic hydroxyl groups excluding tert-OH is 2. The van der Waals surface area contributed by atoms with Gasteiger partial charge in [0, 0.05) is 6.07 Å². The Kier molecular flexibility index (Phi) is 18.0. The van der Waals surface area contributed by atoms with Crippen molar-refractivity contribution < 1.29 is 42.6 Å². The summed E-state index contributed by atoms with van der Waals surface area (Å²) in [6.45, 7) is 0.893. The molecule has 0 amide bonds. The van der Waals surface area contributed by atoms with Crippen LogP contribution in [-0.4, -0.2) is 81.6 Å². The lowest BCUT2D eigenvalue weighted by molar-refractivity contribution is -0.0874. The first-order valence-electron chi connectivity index (χ1n) is 19.8. The van der Waals surface area contributed by atoms with Crippen LogP contribution in [0.25, 0.3) is 0 Å². The highest BCUT2D eigenvalue weighted by atomic mass is 31.2. The van der Waals surface area contributed by atoms with Gasteiger partial charge in [-0.3, -0.25) is 14.1 Å². The van der Waals surface area contributed by atoms with E-state index in [4.69, 9.17) is 24.3 Å². The molecule has 1 saturated heterocycles. The maximum Gasteiger partial charge on any atom is 0.472 e. The van der Waals surface area contributed by atoms with Crippen LogP contribution in [-0.2, 0) is 18.3 Å². The Morgan fingerprint density at radius 1 is 1.00 bits per heavy atom. The molecule has 7 atom stereocenters. The van der Waals surface area contributed by atoms with Gasteiger partial charge in [0.1, 0.15) is 55.0 Å². The third-order valence-electron chi connectivity index (χ3n) is 10.4. The molecule has 1 aromatic carbocycles. The predicted octanol–water partition coefficient (Wildman–Crippen LogP) is 6.89. The van der Waals surface area contributed by atoms with Crippen molar-refractivity contribution in [3.05, 3.63) is 41.4 Å². The topological polar surface area (TPSA) is 216 Å². The van der Waals surface area contributed by atoms with Gasteiger partial charge in [-0.05, 0) is 31.4 Å². The highest BCUT2D eigenvalue weighted by Gasteiger charge is 2.59. The van der Waals surface area contributed by atoms with Gasteiger partial charge in [0.15, 0.2) is 5.84 Å². The molecule has 55 heavy (non-hydrogen) atoms. The van der Waals surface area contributed by atoms with Gasteiger partial charge in [0.05, 0.1) is 30.0 Å². The second-order valence-corrected chi connectivity index (χ2v) is 16.1. The number of unbranched alkanes of at least 4 members (excludes halogenated alkanes) is 15. The Labute approximate surface area is 324 Å². The molecule has 0 bridgehead atoms. The van der Waals surface area contributed by atoms with Crippen LogP contribution in [0.1, 0.15) is 128 Å². The molecular weight excluding hydrogens is 730 g/mol. The Hall–Kier alpha value is -3.40. The maximum atomic E-state index is 14.2. The van der Waals surface area contributed by atoms with E-state index in [0.29, 0.717) is 25.0 Å². The van der Waals surface area contributed by atoms with Crippen molar-refractivity contribution in [1.29, 1.82) is 10.5 Å². The van der Waals surface area contributed by atoms with E-state index in [9.17, 15) is 34.6 Å². The molecule has 0 spiro atoms. The number of fused-ring (bicyclic) bond motifs is 1. The first-order valence-corrected chi connectivity index (χ1v) is 21.3. The van der Waals surface area contributed by atoms with E-state index in [-0.39, 0.29) is 17.1 Å². The number of ether oxygens (including phenoxy) is 2. The number of hydrazone groups is 1. The zero-order valence-electron chi connectivity index (χ0n) is 31.9. The van der Waals surface area contributed by atoms with E-state index in [1.54, 1.807) is 12.1 Å². The Bertz CT molecular complexity index is 1600. The van der Waals surface area contributed by atoms with Crippen LogP contribution in [0.3, 0.4) is 0 Å². The molecule has 304 valence electrons. The molecule has 1 aromatic rings. The molecule has 0 radical (unpaired) electrons. The molecule has 0 aromatic heterocycles. The molecule has 0 saturated carbocycles. The number of nitrogens with zero attached hydrogens (tertiary/aromatic N) is 5. The van der Waals surface area contributed by atoms with Crippen LogP contribution in [0.15, 0.2) is 40.1 Å². The third-order valence-corrected chi connectivity index (χ3v) is 11.3.